The van der Waals surface area contributed by atoms with Gasteiger partial charge in [-0.2, -0.15) is 0 Å². The first-order valence-electron chi connectivity index (χ1n) is 8.51. The molecule has 1 fully saturated rings. The van der Waals surface area contributed by atoms with E-state index in [4.69, 9.17) is 22.1 Å². The number of nitrogens with zero attached hydrogens (tertiary/aromatic N) is 1. The molecule has 0 radical (unpaired) electrons. The van der Waals surface area contributed by atoms with E-state index < -0.39 is 0 Å². The second kappa shape index (κ2) is 8.40. The molecule has 6 nitrogen and oxygen atoms in total. The van der Waals surface area contributed by atoms with Crippen molar-refractivity contribution >= 4 is 28.9 Å². The number of methoxy groups -OCH3 is 1. The van der Waals surface area contributed by atoms with Crippen LogP contribution in [0.4, 0.5) is 11.4 Å². The number of nitrogens with two attached hydrogens (primary N) is 1. The van der Waals surface area contributed by atoms with Crippen molar-refractivity contribution in [1.29, 1.82) is 0 Å². The maximum absolute atomic E-state index is 12.6. The summed E-state index contributed by atoms with van der Waals surface area (Å²) in [4.78, 5) is 14.7. The van der Waals surface area contributed by atoms with Crippen molar-refractivity contribution < 1.29 is 9.53 Å². The average Bonchev–Trinajstić information content (AvgIpc) is 2.64. The monoisotopic (exact) mass is 374 g/mol. The fourth-order valence-corrected chi connectivity index (χ4v) is 3.43. The fraction of sp³-hybridized carbons (Fsp3) is 0.316. The number of carbonyl (C=O) groups is 1. The molecule has 1 unspecified atom stereocenters. The number of halogens is 1. The highest BCUT2D eigenvalue weighted by Crippen LogP contribution is 2.30. The van der Waals surface area contributed by atoms with Crippen LogP contribution in [0, 0.1) is 0 Å². The summed E-state index contributed by atoms with van der Waals surface area (Å²) in [5, 5.41) is 6.69. The maximum Gasteiger partial charge on any atom is 0.238 e. The Morgan fingerprint density at radius 3 is 2.96 bits per heavy atom. The van der Waals surface area contributed by atoms with Gasteiger partial charge in [-0.25, -0.2) is 0 Å². The molecular formula is C19H23ClN4O2. The van der Waals surface area contributed by atoms with E-state index in [-0.39, 0.29) is 18.5 Å². The van der Waals surface area contributed by atoms with Crippen molar-refractivity contribution in [3.63, 3.8) is 0 Å². The molecule has 0 spiro atoms. The summed E-state index contributed by atoms with van der Waals surface area (Å²) in [6.07, 6.45) is 0. The van der Waals surface area contributed by atoms with Gasteiger partial charge in [0.25, 0.3) is 0 Å². The summed E-state index contributed by atoms with van der Waals surface area (Å²) in [7, 11) is 1.66. The van der Waals surface area contributed by atoms with Gasteiger partial charge in [0.2, 0.25) is 5.91 Å². The van der Waals surface area contributed by atoms with Crippen LogP contribution in [0.3, 0.4) is 0 Å². The van der Waals surface area contributed by atoms with Crippen LogP contribution in [0.1, 0.15) is 11.6 Å². The molecule has 1 heterocycles. The van der Waals surface area contributed by atoms with Crippen molar-refractivity contribution in [2.75, 3.05) is 44.3 Å². The van der Waals surface area contributed by atoms with E-state index in [1.54, 1.807) is 25.3 Å². The van der Waals surface area contributed by atoms with Gasteiger partial charge in [-0.05, 0) is 24.3 Å². The number of para-hydroxylation sites is 1. The highest BCUT2D eigenvalue weighted by atomic mass is 35.5. The molecule has 7 heteroatoms. The van der Waals surface area contributed by atoms with E-state index in [1.807, 2.05) is 24.3 Å². The third kappa shape index (κ3) is 4.27. The Bertz CT molecular complexity index is 784. The zero-order valence-corrected chi connectivity index (χ0v) is 15.4. The molecule has 2 aromatic rings. The number of hydrogen-bond donors (Lipinski definition) is 3. The summed E-state index contributed by atoms with van der Waals surface area (Å²) in [5.74, 6) is 0.714. The van der Waals surface area contributed by atoms with Crippen molar-refractivity contribution in [3.05, 3.63) is 53.1 Å². The smallest absolute Gasteiger partial charge is 0.238 e. The Morgan fingerprint density at radius 2 is 2.19 bits per heavy atom. The Kier molecular flexibility index (Phi) is 5.98. The van der Waals surface area contributed by atoms with Gasteiger partial charge in [0.1, 0.15) is 5.75 Å². The van der Waals surface area contributed by atoms with Gasteiger partial charge in [0, 0.05) is 30.9 Å². The van der Waals surface area contributed by atoms with E-state index in [9.17, 15) is 4.79 Å². The van der Waals surface area contributed by atoms with Crippen LogP contribution in [-0.4, -0.2) is 44.1 Å². The van der Waals surface area contributed by atoms with Crippen LogP contribution >= 0.6 is 11.6 Å². The van der Waals surface area contributed by atoms with Gasteiger partial charge in [0.15, 0.2) is 0 Å². The predicted molar refractivity (Wildman–Crippen MR) is 105 cm³/mol. The number of nitrogens with one attached hydrogen (secondary N) is 2. The molecule has 4 N–H and O–H groups in total. The Morgan fingerprint density at radius 1 is 1.38 bits per heavy atom. The lowest BCUT2D eigenvalue weighted by atomic mass is 10.0. The van der Waals surface area contributed by atoms with E-state index in [1.165, 1.54) is 0 Å². The standard InChI is InChI=1S/C19H23ClN4O2/c1-26-18-5-3-2-4-14(18)17-11-22-8-9-24(17)12-19(25)23-16-7-6-13(21)10-15(16)20/h2-7,10,17,22H,8-9,11-12,21H2,1H3,(H,23,25). The molecule has 0 aliphatic carbocycles. The zero-order valence-electron chi connectivity index (χ0n) is 14.7. The molecule has 3 rings (SSSR count). The Hall–Kier alpha value is -2.28. The summed E-state index contributed by atoms with van der Waals surface area (Å²) in [6.45, 7) is 2.63. The largest absolute Gasteiger partial charge is 0.496 e. The van der Waals surface area contributed by atoms with Crippen LogP contribution in [0.25, 0.3) is 0 Å². The van der Waals surface area contributed by atoms with Crippen molar-refractivity contribution in [2.24, 2.45) is 0 Å². The first-order chi connectivity index (χ1) is 12.6. The number of hydrogen-bond acceptors (Lipinski definition) is 5. The van der Waals surface area contributed by atoms with Gasteiger partial charge in [-0.1, -0.05) is 29.8 Å². The van der Waals surface area contributed by atoms with Crippen LogP contribution in [0.5, 0.6) is 5.75 Å². The lowest BCUT2D eigenvalue weighted by Gasteiger charge is -2.36. The summed E-state index contributed by atoms with van der Waals surface area (Å²) < 4.78 is 5.49. The minimum atomic E-state index is -0.113. The summed E-state index contributed by atoms with van der Waals surface area (Å²) >= 11 is 6.15. The van der Waals surface area contributed by atoms with E-state index >= 15 is 0 Å². The number of anilines is 2. The van der Waals surface area contributed by atoms with Crippen LogP contribution in [0.15, 0.2) is 42.5 Å². The fourth-order valence-electron chi connectivity index (χ4n) is 3.19. The van der Waals surface area contributed by atoms with E-state index in [0.29, 0.717) is 16.4 Å². The Balaban J connectivity index is 1.73. The predicted octanol–water partition coefficient (Wildman–Crippen LogP) is 2.52. The molecule has 2 aromatic carbocycles. The number of carbonyl (C=O) groups excluding carboxylic acids is 1. The molecule has 1 amide bonds. The topological polar surface area (TPSA) is 79.6 Å². The number of ether oxygens (including phenoxy) is 1. The molecular weight excluding hydrogens is 352 g/mol. The van der Waals surface area contributed by atoms with Gasteiger partial charge >= 0.3 is 0 Å². The lowest BCUT2D eigenvalue weighted by Crippen LogP contribution is -2.48. The summed E-state index contributed by atoms with van der Waals surface area (Å²) in [6, 6.07) is 13.0. The lowest BCUT2D eigenvalue weighted by molar-refractivity contribution is -0.118. The maximum atomic E-state index is 12.6. The third-order valence-corrected chi connectivity index (χ3v) is 4.78. The minimum absolute atomic E-state index is 0.0625. The molecule has 1 aliphatic heterocycles. The second-order valence-corrected chi connectivity index (χ2v) is 6.63. The highest BCUT2D eigenvalue weighted by molar-refractivity contribution is 6.34. The van der Waals surface area contributed by atoms with Gasteiger partial charge in [0.05, 0.1) is 30.4 Å². The van der Waals surface area contributed by atoms with E-state index in [0.717, 1.165) is 30.9 Å². The molecule has 1 aliphatic rings. The minimum Gasteiger partial charge on any atom is -0.496 e. The van der Waals surface area contributed by atoms with Gasteiger partial charge < -0.3 is 21.1 Å². The van der Waals surface area contributed by atoms with Crippen molar-refractivity contribution in [1.82, 2.24) is 10.2 Å². The molecule has 1 saturated heterocycles. The molecule has 1 atom stereocenters. The number of nitrogen functional groups attached to an aromatic ring is 1. The molecule has 0 aromatic heterocycles. The number of rotatable bonds is 5. The average molecular weight is 375 g/mol. The Labute approximate surface area is 158 Å². The first-order valence-corrected chi connectivity index (χ1v) is 8.89. The van der Waals surface area contributed by atoms with Crippen LogP contribution < -0.4 is 21.1 Å². The van der Waals surface area contributed by atoms with Gasteiger partial charge in [-0.3, -0.25) is 9.69 Å². The number of benzene rings is 2. The molecule has 26 heavy (non-hydrogen) atoms. The quantitative estimate of drug-likeness (QED) is 0.701. The zero-order chi connectivity index (χ0) is 18.5. The number of amides is 1. The SMILES string of the molecule is COc1ccccc1C1CNCCN1CC(=O)Nc1ccc(N)cc1Cl. The first kappa shape index (κ1) is 18.5. The number of piperazine rings is 1. The van der Waals surface area contributed by atoms with Crippen LogP contribution in [0.2, 0.25) is 5.02 Å². The normalized spacial score (nSPS) is 17.7. The second-order valence-electron chi connectivity index (χ2n) is 6.22. The van der Waals surface area contributed by atoms with Crippen molar-refractivity contribution in [3.8, 4) is 5.75 Å². The van der Waals surface area contributed by atoms with Gasteiger partial charge in [-0.15, -0.1) is 0 Å². The third-order valence-electron chi connectivity index (χ3n) is 4.47. The van der Waals surface area contributed by atoms with Crippen LogP contribution in [-0.2, 0) is 4.79 Å². The highest BCUT2D eigenvalue weighted by Gasteiger charge is 2.27. The van der Waals surface area contributed by atoms with Crippen molar-refractivity contribution in [2.45, 2.75) is 6.04 Å². The molecule has 138 valence electrons. The van der Waals surface area contributed by atoms with E-state index in [2.05, 4.69) is 15.5 Å². The molecule has 0 bridgehead atoms. The molecule has 0 saturated carbocycles. The summed E-state index contributed by atoms with van der Waals surface area (Å²) in [5.41, 5.74) is 7.89.